The van der Waals surface area contributed by atoms with Crippen LogP contribution in [0.15, 0.2) is 11.6 Å². The monoisotopic (exact) mass is 224 g/mol. The molecule has 1 rings (SSSR count). The summed E-state index contributed by atoms with van der Waals surface area (Å²) in [5.41, 5.74) is 0.890. The molecule has 0 aromatic carbocycles. The summed E-state index contributed by atoms with van der Waals surface area (Å²) in [5, 5.41) is 0. The number of ether oxygens (including phenoxy) is 1. The highest BCUT2D eigenvalue weighted by Gasteiger charge is 2.24. The number of hydrogen-bond acceptors (Lipinski definition) is 2. The topological polar surface area (TPSA) is 26.3 Å². The minimum atomic E-state index is -0.0986. The molecule has 0 aromatic rings. The van der Waals surface area contributed by atoms with Gasteiger partial charge in [-0.2, -0.15) is 0 Å². The summed E-state index contributed by atoms with van der Waals surface area (Å²) < 4.78 is 5.08. The molecule has 0 N–H and O–H groups in total. The molecule has 0 aliphatic carbocycles. The summed E-state index contributed by atoms with van der Waals surface area (Å²) in [6, 6.07) is 0. The van der Waals surface area contributed by atoms with E-state index in [1.54, 1.807) is 0 Å². The van der Waals surface area contributed by atoms with Gasteiger partial charge in [-0.1, -0.05) is 45.1 Å². The van der Waals surface area contributed by atoms with Gasteiger partial charge in [-0.15, -0.1) is 0 Å². The Morgan fingerprint density at radius 1 is 1.25 bits per heavy atom. The second-order valence-corrected chi connectivity index (χ2v) is 4.71. The molecule has 1 aliphatic rings. The Morgan fingerprint density at radius 2 is 1.94 bits per heavy atom. The molecule has 1 heterocycles. The number of carbonyl (C=O) groups is 1. The van der Waals surface area contributed by atoms with Crippen molar-refractivity contribution < 1.29 is 9.53 Å². The standard InChI is InChI=1S/C14H24O2/c1-3-4-5-6-7-8-9-10-13-11-12(2)16-14(13)15/h10,12H,3-9,11H2,1-2H3/b13-10-/t12-/m1/s1. The van der Waals surface area contributed by atoms with Gasteiger partial charge in [0.15, 0.2) is 0 Å². The summed E-state index contributed by atoms with van der Waals surface area (Å²) in [7, 11) is 0. The van der Waals surface area contributed by atoms with Crippen molar-refractivity contribution in [2.24, 2.45) is 0 Å². The third-order valence-electron chi connectivity index (χ3n) is 3.03. The smallest absolute Gasteiger partial charge is 0.334 e. The van der Waals surface area contributed by atoms with E-state index in [0.717, 1.165) is 18.4 Å². The number of allylic oxidation sites excluding steroid dienone is 1. The lowest BCUT2D eigenvalue weighted by Gasteiger charge is -1.98. The van der Waals surface area contributed by atoms with Gasteiger partial charge in [-0.25, -0.2) is 4.79 Å². The van der Waals surface area contributed by atoms with Gasteiger partial charge in [0, 0.05) is 12.0 Å². The van der Waals surface area contributed by atoms with E-state index in [1.807, 2.05) is 6.92 Å². The number of rotatable bonds is 7. The van der Waals surface area contributed by atoms with E-state index < -0.39 is 0 Å². The van der Waals surface area contributed by atoms with E-state index in [0.29, 0.717) is 0 Å². The molecule has 1 aliphatic heterocycles. The van der Waals surface area contributed by atoms with E-state index in [-0.39, 0.29) is 12.1 Å². The van der Waals surface area contributed by atoms with Crippen LogP contribution in [0.3, 0.4) is 0 Å². The van der Waals surface area contributed by atoms with Crippen LogP contribution in [0.5, 0.6) is 0 Å². The van der Waals surface area contributed by atoms with Crippen LogP contribution >= 0.6 is 0 Å². The van der Waals surface area contributed by atoms with Crippen molar-refractivity contribution in [3.63, 3.8) is 0 Å². The summed E-state index contributed by atoms with van der Waals surface area (Å²) >= 11 is 0. The summed E-state index contributed by atoms with van der Waals surface area (Å²) in [4.78, 5) is 11.3. The molecule has 0 saturated carbocycles. The SMILES string of the molecule is CCCCCCCC/C=C1/C[C@@H](C)OC1=O. The fourth-order valence-electron chi connectivity index (χ4n) is 2.06. The van der Waals surface area contributed by atoms with Crippen molar-refractivity contribution in [1.29, 1.82) is 0 Å². The molecule has 92 valence electrons. The fraction of sp³-hybridized carbons (Fsp3) is 0.786. The number of hydrogen-bond donors (Lipinski definition) is 0. The zero-order valence-electron chi connectivity index (χ0n) is 10.6. The van der Waals surface area contributed by atoms with Crippen LogP contribution < -0.4 is 0 Å². The maximum absolute atomic E-state index is 11.3. The molecule has 1 saturated heterocycles. The van der Waals surface area contributed by atoms with Crippen LogP contribution in [-0.2, 0) is 9.53 Å². The minimum Gasteiger partial charge on any atom is -0.459 e. The lowest BCUT2D eigenvalue weighted by molar-refractivity contribution is -0.138. The predicted molar refractivity (Wildman–Crippen MR) is 66.2 cm³/mol. The molecule has 0 aromatic heterocycles. The Bertz CT molecular complexity index is 243. The second-order valence-electron chi connectivity index (χ2n) is 4.71. The average Bonchev–Trinajstić information content (AvgIpc) is 2.56. The molecule has 0 bridgehead atoms. The molecule has 0 amide bonds. The lowest BCUT2D eigenvalue weighted by atomic mass is 10.1. The first-order chi connectivity index (χ1) is 7.74. The zero-order chi connectivity index (χ0) is 11.8. The Balaban J connectivity index is 2.06. The van der Waals surface area contributed by atoms with Gasteiger partial charge in [-0.05, 0) is 19.8 Å². The molecule has 16 heavy (non-hydrogen) atoms. The van der Waals surface area contributed by atoms with E-state index in [4.69, 9.17) is 4.74 Å². The first-order valence-electron chi connectivity index (χ1n) is 6.64. The van der Waals surface area contributed by atoms with Gasteiger partial charge >= 0.3 is 5.97 Å². The summed E-state index contributed by atoms with van der Waals surface area (Å²) in [5.74, 6) is -0.0986. The van der Waals surface area contributed by atoms with Gasteiger partial charge in [-0.3, -0.25) is 0 Å². The highest BCUT2D eigenvalue weighted by molar-refractivity contribution is 5.90. The molecule has 2 nitrogen and oxygen atoms in total. The fourth-order valence-corrected chi connectivity index (χ4v) is 2.06. The van der Waals surface area contributed by atoms with Crippen LogP contribution in [0.4, 0.5) is 0 Å². The van der Waals surface area contributed by atoms with Crippen molar-refractivity contribution in [2.75, 3.05) is 0 Å². The Morgan fingerprint density at radius 3 is 2.56 bits per heavy atom. The number of unbranched alkanes of at least 4 members (excludes halogenated alkanes) is 6. The van der Waals surface area contributed by atoms with E-state index in [9.17, 15) is 4.79 Å². The second kappa shape index (κ2) is 7.48. The summed E-state index contributed by atoms with van der Waals surface area (Å²) in [6.07, 6.45) is 11.8. The number of carbonyl (C=O) groups excluding carboxylic acids is 1. The maximum atomic E-state index is 11.3. The van der Waals surface area contributed by atoms with Gasteiger partial charge in [0.25, 0.3) is 0 Å². The Labute approximate surface area is 99.1 Å². The quantitative estimate of drug-likeness (QED) is 0.371. The zero-order valence-corrected chi connectivity index (χ0v) is 10.6. The van der Waals surface area contributed by atoms with Crippen molar-refractivity contribution in [2.45, 2.75) is 71.3 Å². The minimum absolute atomic E-state index is 0.0864. The largest absolute Gasteiger partial charge is 0.459 e. The molecule has 1 fully saturated rings. The molecular formula is C14H24O2. The molecule has 0 radical (unpaired) electrons. The normalized spacial score (nSPS) is 22.8. The highest BCUT2D eigenvalue weighted by Crippen LogP contribution is 2.20. The first kappa shape index (κ1) is 13.3. The van der Waals surface area contributed by atoms with Gasteiger partial charge in [0.2, 0.25) is 0 Å². The highest BCUT2D eigenvalue weighted by atomic mass is 16.5. The number of esters is 1. The van der Waals surface area contributed by atoms with Crippen LogP contribution in [0.1, 0.15) is 65.2 Å². The van der Waals surface area contributed by atoms with Crippen LogP contribution in [-0.4, -0.2) is 12.1 Å². The van der Waals surface area contributed by atoms with Gasteiger partial charge in [0.05, 0.1) is 0 Å². The van der Waals surface area contributed by atoms with Crippen LogP contribution in [0, 0.1) is 0 Å². The molecular weight excluding hydrogens is 200 g/mol. The van der Waals surface area contributed by atoms with E-state index >= 15 is 0 Å². The molecule has 0 unspecified atom stereocenters. The Hall–Kier alpha value is -0.790. The van der Waals surface area contributed by atoms with Crippen molar-refractivity contribution in [1.82, 2.24) is 0 Å². The number of cyclic esters (lactones) is 1. The molecule has 2 heteroatoms. The third kappa shape index (κ3) is 4.82. The van der Waals surface area contributed by atoms with Crippen LogP contribution in [0.2, 0.25) is 0 Å². The van der Waals surface area contributed by atoms with Gasteiger partial charge < -0.3 is 4.74 Å². The van der Waals surface area contributed by atoms with E-state index in [1.165, 1.54) is 38.5 Å². The van der Waals surface area contributed by atoms with Crippen molar-refractivity contribution in [3.05, 3.63) is 11.6 Å². The third-order valence-corrected chi connectivity index (χ3v) is 3.03. The van der Waals surface area contributed by atoms with Crippen LogP contribution in [0.25, 0.3) is 0 Å². The average molecular weight is 224 g/mol. The Kier molecular flexibility index (Phi) is 6.20. The predicted octanol–water partition coefficient (Wildman–Crippen LogP) is 4.00. The van der Waals surface area contributed by atoms with Crippen molar-refractivity contribution in [3.8, 4) is 0 Å². The van der Waals surface area contributed by atoms with E-state index in [2.05, 4.69) is 13.0 Å². The first-order valence-corrected chi connectivity index (χ1v) is 6.64. The summed E-state index contributed by atoms with van der Waals surface area (Å²) in [6.45, 7) is 4.18. The maximum Gasteiger partial charge on any atom is 0.334 e. The molecule has 0 spiro atoms. The molecule has 1 atom stereocenters. The lowest BCUT2D eigenvalue weighted by Crippen LogP contribution is -1.99. The van der Waals surface area contributed by atoms with Gasteiger partial charge in [0.1, 0.15) is 6.10 Å². The van der Waals surface area contributed by atoms with Crippen molar-refractivity contribution >= 4 is 5.97 Å².